The predicted molar refractivity (Wildman–Crippen MR) is 124 cm³/mol. The van der Waals surface area contributed by atoms with Gasteiger partial charge in [-0.25, -0.2) is 0 Å². The van der Waals surface area contributed by atoms with Crippen LogP contribution >= 0.6 is 0 Å². The highest BCUT2D eigenvalue weighted by Crippen LogP contribution is 2.38. The first-order valence-corrected chi connectivity index (χ1v) is 11.0. The molecule has 180 valence electrons. The van der Waals surface area contributed by atoms with E-state index >= 15 is 0 Å². The fraction of sp³-hybridized carbons (Fsp3) is 0.333. The number of aliphatic hydroxyl groups excluding tert-OH is 3. The monoisotopic (exact) mass is 469 g/mol. The molecule has 4 rings (SSSR count). The van der Waals surface area contributed by atoms with Crippen molar-refractivity contribution in [1.29, 1.82) is 0 Å². The third kappa shape index (κ3) is 5.05. The van der Waals surface area contributed by atoms with E-state index in [1.54, 1.807) is 42.5 Å². The molecular weight excluding hydrogens is 442 g/mol. The molecule has 1 aromatic heterocycles. The summed E-state index contributed by atoms with van der Waals surface area (Å²) < 4.78 is 0. The molecule has 10 nitrogen and oxygen atoms in total. The van der Waals surface area contributed by atoms with Gasteiger partial charge in [0.2, 0.25) is 0 Å². The van der Waals surface area contributed by atoms with E-state index in [4.69, 9.17) is 5.11 Å². The van der Waals surface area contributed by atoms with Crippen LogP contribution in [-0.4, -0.2) is 55.2 Å². The number of hydrogen-bond donors (Lipinski definition) is 8. The number of aliphatic carboxylic acids is 1. The molecule has 4 atom stereocenters. The SMILES string of the molecule is O=C(O)Cc1ccc(CC(O)Nc2c(=O)[nH]c(O)c3cccc(C4CCC(O)NC4O)c23)cc1. The Morgan fingerprint density at radius 2 is 1.79 bits per heavy atom. The second kappa shape index (κ2) is 9.82. The maximum absolute atomic E-state index is 12.8. The van der Waals surface area contributed by atoms with Crippen LogP contribution in [0.5, 0.6) is 5.88 Å². The van der Waals surface area contributed by atoms with E-state index in [0.717, 1.165) is 5.56 Å². The van der Waals surface area contributed by atoms with Gasteiger partial charge in [0.05, 0.1) is 6.42 Å². The lowest BCUT2D eigenvalue weighted by Crippen LogP contribution is -2.46. The molecule has 0 bridgehead atoms. The number of aromatic nitrogens is 1. The Labute approximate surface area is 194 Å². The van der Waals surface area contributed by atoms with Crippen LogP contribution in [0.1, 0.15) is 35.4 Å². The molecule has 3 aromatic rings. The van der Waals surface area contributed by atoms with E-state index in [1.807, 2.05) is 0 Å². The molecule has 1 fully saturated rings. The maximum Gasteiger partial charge on any atom is 0.307 e. The largest absolute Gasteiger partial charge is 0.494 e. The predicted octanol–water partition coefficient (Wildman–Crippen LogP) is 0.938. The van der Waals surface area contributed by atoms with E-state index in [0.29, 0.717) is 34.7 Å². The van der Waals surface area contributed by atoms with E-state index < -0.39 is 36.1 Å². The van der Waals surface area contributed by atoms with Crippen molar-refractivity contribution in [2.75, 3.05) is 5.32 Å². The average Bonchev–Trinajstić information content (AvgIpc) is 2.77. The summed E-state index contributed by atoms with van der Waals surface area (Å²) in [5, 5.41) is 56.5. The summed E-state index contributed by atoms with van der Waals surface area (Å²) in [5.41, 5.74) is 1.38. The number of fused-ring (bicyclic) bond motifs is 1. The van der Waals surface area contributed by atoms with Gasteiger partial charge in [-0.05, 0) is 35.6 Å². The van der Waals surface area contributed by atoms with Gasteiger partial charge in [-0.3, -0.25) is 19.9 Å². The van der Waals surface area contributed by atoms with Gasteiger partial charge in [-0.15, -0.1) is 0 Å². The smallest absolute Gasteiger partial charge is 0.307 e. The van der Waals surface area contributed by atoms with E-state index in [-0.39, 0.29) is 24.4 Å². The molecule has 0 spiro atoms. The van der Waals surface area contributed by atoms with Gasteiger partial charge in [0, 0.05) is 23.1 Å². The summed E-state index contributed by atoms with van der Waals surface area (Å²) in [6, 6.07) is 11.8. The van der Waals surface area contributed by atoms with Crippen LogP contribution < -0.4 is 16.2 Å². The summed E-state index contributed by atoms with van der Waals surface area (Å²) in [6.45, 7) is 0. The zero-order chi connectivity index (χ0) is 24.4. The number of carboxylic acids is 1. The lowest BCUT2D eigenvalue weighted by atomic mass is 9.86. The number of piperidine rings is 1. The zero-order valence-electron chi connectivity index (χ0n) is 18.2. The van der Waals surface area contributed by atoms with Crippen molar-refractivity contribution in [3.05, 3.63) is 69.5 Å². The van der Waals surface area contributed by atoms with Gasteiger partial charge in [-0.1, -0.05) is 36.4 Å². The molecule has 1 aliphatic heterocycles. The normalized spacial score (nSPS) is 21.3. The lowest BCUT2D eigenvalue weighted by molar-refractivity contribution is -0.136. The summed E-state index contributed by atoms with van der Waals surface area (Å²) in [4.78, 5) is 26.0. The van der Waals surface area contributed by atoms with Gasteiger partial charge < -0.3 is 30.8 Å². The number of nitrogens with one attached hydrogen (secondary N) is 3. The Bertz CT molecular complexity index is 1240. The minimum Gasteiger partial charge on any atom is -0.494 e. The number of carbonyl (C=O) groups is 1. The first-order valence-electron chi connectivity index (χ1n) is 11.0. The molecule has 2 aromatic carbocycles. The van der Waals surface area contributed by atoms with Crippen LogP contribution in [0.25, 0.3) is 10.8 Å². The Hall–Kier alpha value is -3.44. The first-order chi connectivity index (χ1) is 16.2. The summed E-state index contributed by atoms with van der Waals surface area (Å²) in [7, 11) is 0. The second-order valence-electron chi connectivity index (χ2n) is 8.51. The van der Waals surface area contributed by atoms with Gasteiger partial charge in [-0.2, -0.15) is 0 Å². The van der Waals surface area contributed by atoms with Crippen molar-refractivity contribution in [2.24, 2.45) is 0 Å². The van der Waals surface area contributed by atoms with E-state index in [9.17, 15) is 30.0 Å². The van der Waals surface area contributed by atoms with Crippen molar-refractivity contribution < 1.29 is 30.3 Å². The highest BCUT2D eigenvalue weighted by molar-refractivity contribution is 5.99. The van der Waals surface area contributed by atoms with Gasteiger partial charge >= 0.3 is 5.97 Å². The topological polar surface area (TPSA) is 175 Å². The van der Waals surface area contributed by atoms with Crippen LogP contribution in [0.3, 0.4) is 0 Å². The van der Waals surface area contributed by atoms with E-state index in [1.165, 1.54) is 0 Å². The number of anilines is 1. The van der Waals surface area contributed by atoms with Crippen LogP contribution in [0, 0.1) is 0 Å². The third-order valence-corrected chi connectivity index (χ3v) is 6.07. The number of carboxylic acid groups (broad SMARTS) is 1. The number of rotatable bonds is 7. The molecule has 8 N–H and O–H groups in total. The maximum atomic E-state index is 12.8. The molecule has 0 aliphatic carbocycles. The van der Waals surface area contributed by atoms with Crippen LogP contribution in [0.4, 0.5) is 5.69 Å². The molecule has 0 saturated carbocycles. The summed E-state index contributed by atoms with van der Waals surface area (Å²) in [5.74, 6) is -1.71. The molecule has 0 radical (unpaired) electrons. The second-order valence-corrected chi connectivity index (χ2v) is 8.51. The van der Waals surface area contributed by atoms with Crippen molar-refractivity contribution >= 4 is 22.4 Å². The van der Waals surface area contributed by atoms with Crippen molar-refractivity contribution in [3.8, 4) is 5.88 Å². The Morgan fingerprint density at radius 1 is 1.09 bits per heavy atom. The highest BCUT2D eigenvalue weighted by atomic mass is 16.4. The van der Waals surface area contributed by atoms with Gasteiger partial charge in [0.15, 0.2) is 5.88 Å². The molecule has 34 heavy (non-hydrogen) atoms. The molecule has 1 saturated heterocycles. The van der Waals surface area contributed by atoms with Crippen LogP contribution in [0.2, 0.25) is 0 Å². The van der Waals surface area contributed by atoms with Crippen molar-refractivity contribution in [1.82, 2.24) is 10.3 Å². The van der Waals surface area contributed by atoms with Crippen LogP contribution in [0.15, 0.2) is 47.3 Å². The van der Waals surface area contributed by atoms with Crippen LogP contribution in [-0.2, 0) is 17.6 Å². The summed E-state index contributed by atoms with van der Waals surface area (Å²) in [6.07, 6.45) is -2.17. The number of aromatic hydroxyl groups is 1. The first kappa shape index (κ1) is 23.7. The van der Waals surface area contributed by atoms with Gasteiger partial charge in [0.1, 0.15) is 24.4 Å². The molecule has 0 amide bonds. The fourth-order valence-electron chi connectivity index (χ4n) is 4.47. The molecular formula is C24H27N3O7. The number of aliphatic hydroxyl groups is 3. The minimum absolute atomic E-state index is 0.0525. The molecule has 10 heteroatoms. The average molecular weight is 469 g/mol. The highest BCUT2D eigenvalue weighted by Gasteiger charge is 2.31. The number of aromatic amines is 1. The Morgan fingerprint density at radius 3 is 2.47 bits per heavy atom. The lowest BCUT2D eigenvalue weighted by Gasteiger charge is -2.33. The quantitative estimate of drug-likeness (QED) is 0.234. The Kier molecular flexibility index (Phi) is 6.85. The van der Waals surface area contributed by atoms with Crippen molar-refractivity contribution in [2.45, 2.75) is 50.3 Å². The van der Waals surface area contributed by atoms with E-state index in [2.05, 4.69) is 15.6 Å². The van der Waals surface area contributed by atoms with Crippen molar-refractivity contribution in [3.63, 3.8) is 0 Å². The summed E-state index contributed by atoms with van der Waals surface area (Å²) >= 11 is 0. The molecule has 4 unspecified atom stereocenters. The van der Waals surface area contributed by atoms with Gasteiger partial charge in [0.25, 0.3) is 5.56 Å². The number of hydrogen-bond acceptors (Lipinski definition) is 8. The number of benzene rings is 2. The molecule has 1 aliphatic rings. The zero-order valence-corrected chi connectivity index (χ0v) is 18.2. The number of H-pyrrole nitrogens is 1. The fourth-order valence-corrected chi connectivity index (χ4v) is 4.47. The minimum atomic E-state index is -1.16. The standard InChI is InChI=1S/C24H27N3O7/c28-17-9-8-15(22(32)26-17)14-2-1-3-16-20(14)21(24(34)27-23(16)33)25-18(29)10-12-4-6-13(7-5-12)11-19(30)31/h1-7,15,17-18,22,25-26,28-29,32H,8-11H2,(H,30,31)(H2,27,33,34). The number of pyridine rings is 1. The third-order valence-electron chi connectivity index (χ3n) is 6.07. The Balaban J connectivity index is 1.65. The molecule has 2 heterocycles.